The lowest BCUT2D eigenvalue weighted by atomic mass is 10.1. The molecule has 0 radical (unpaired) electrons. The van der Waals surface area contributed by atoms with Crippen LogP contribution in [0.4, 0.5) is 0 Å². The van der Waals surface area contributed by atoms with Gasteiger partial charge in [0.05, 0.1) is 16.4 Å². The predicted molar refractivity (Wildman–Crippen MR) is 73.2 cm³/mol. The number of hydrogen-bond acceptors (Lipinski definition) is 2. The number of hydrogen-bond donors (Lipinski definition) is 0. The molecule has 4 heteroatoms. The van der Waals surface area contributed by atoms with E-state index < -0.39 is 0 Å². The molecule has 3 nitrogen and oxygen atoms in total. The zero-order chi connectivity index (χ0) is 13.3. The van der Waals surface area contributed by atoms with Gasteiger partial charge in [0, 0.05) is 7.05 Å². The molecule has 0 bridgehead atoms. The summed E-state index contributed by atoms with van der Waals surface area (Å²) in [4.78, 5) is 0. The first-order valence-corrected chi connectivity index (χ1v) is 6.25. The molecule has 1 heterocycles. The van der Waals surface area contributed by atoms with Crippen molar-refractivity contribution in [2.24, 2.45) is 7.05 Å². The van der Waals surface area contributed by atoms with Crippen molar-refractivity contribution in [1.82, 2.24) is 9.78 Å². The molecular weight excluding hydrogens is 248 g/mol. The van der Waals surface area contributed by atoms with Gasteiger partial charge < -0.3 is 4.74 Å². The molecule has 0 fully saturated rings. The highest BCUT2D eigenvalue weighted by molar-refractivity contribution is 6.31. The highest BCUT2D eigenvalue weighted by Crippen LogP contribution is 2.24. The van der Waals surface area contributed by atoms with Gasteiger partial charge in [0.25, 0.3) is 0 Å². The number of aromatic nitrogens is 2. The molecule has 0 unspecified atom stereocenters. The standard InChI is InChI=1S/C14H17ClN2O/c1-9-6-5-7-13(10(9)2)18-8-12-14(15)11(3)16-17(12)4/h5-7H,8H2,1-4H3. The second-order valence-corrected chi connectivity index (χ2v) is 4.83. The molecule has 0 saturated heterocycles. The van der Waals surface area contributed by atoms with Crippen molar-refractivity contribution in [1.29, 1.82) is 0 Å². The van der Waals surface area contributed by atoms with E-state index in [0.717, 1.165) is 22.7 Å². The Balaban J connectivity index is 2.19. The second-order valence-electron chi connectivity index (χ2n) is 4.46. The average molecular weight is 265 g/mol. The smallest absolute Gasteiger partial charge is 0.131 e. The Hall–Kier alpha value is -1.48. The van der Waals surface area contributed by atoms with Crippen molar-refractivity contribution >= 4 is 11.6 Å². The van der Waals surface area contributed by atoms with Gasteiger partial charge in [-0.2, -0.15) is 5.10 Å². The SMILES string of the molecule is Cc1cccc(OCc2c(Cl)c(C)nn2C)c1C. The van der Waals surface area contributed by atoms with Gasteiger partial charge >= 0.3 is 0 Å². The Labute approximate surface area is 112 Å². The van der Waals surface area contributed by atoms with Crippen molar-refractivity contribution in [2.45, 2.75) is 27.4 Å². The molecule has 0 N–H and O–H groups in total. The molecule has 18 heavy (non-hydrogen) atoms. The van der Waals surface area contributed by atoms with Crippen molar-refractivity contribution in [3.63, 3.8) is 0 Å². The van der Waals surface area contributed by atoms with Crippen LogP contribution in [0.15, 0.2) is 18.2 Å². The summed E-state index contributed by atoms with van der Waals surface area (Å²) in [5.41, 5.74) is 4.11. The van der Waals surface area contributed by atoms with Gasteiger partial charge in [-0.15, -0.1) is 0 Å². The van der Waals surface area contributed by atoms with Crippen LogP contribution < -0.4 is 4.74 Å². The van der Waals surface area contributed by atoms with Crippen LogP contribution in [0, 0.1) is 20.8 Å². The zero-order valence-corrected chi connectivity index (χ0v) is 11.9. The van der Waals surface area contributed by atoms with Crippen molar-refractivity contribution in [3.8, 4) is 5.75 Å². The maximum atomic E-state index is 6.19. The molecular formula is C14H17ClN2O. The van der Waals surface area contributed by atoms with Gasteiger partial charge in [0.15, 0.2) is 0 Å². The Morgan fingerprint density at radius 1 is 1.28 bits per heavy atom. The Bertz CT molecular complexity index is 575. The third kappa shape index (κ3) is 2.36. The molecule has 0 aliphatic heterocycles. The lowest BCUT2D eigenvalue weighted by Gasteiger charge is -2.11. The van der Waals surface area contributed by atoms with E-state index in [-0.39, 0.29) is 0 Å². The highest BCUT2D eigenvalue weighted by Gasteiger charge is 2.12. The van der Waals surface area contributed by atoms with E-state index in [1.54, 1.807) is 4.68 Å². The summed E-state index contributed by atoms with van der Waals surface area (Å²) in [6, 6.07) is 6.04. The third-order valence-corrected chi connectivity index (χ3v) is 3.67. The van der Waals surface area contributed by atoms with Gasteiger partial charge in [-0.05, 0) is 38.0 Å². The summed E-state index contributed by atoms with van der Waals surface area (Å²) in [7, 11) is 1.88. The average Bonchev–Trinajstić information content (AvgIpc) is 2.56. The molecule has 96 valence electrons. The van der Waals surface area contributed by atoms with E-state index >= 15 is 0 Å². The monoisotopic (exact) mass is 264 g/mol. The number of benzene rings is 1. The van der Waals surface area contributed by atoms with E-state index in [4.69, 9.17) is 16.3 Å². The number of halogens is 1. The van der Waals surface area contributed by atoms with Crippen LogP contribution in [0.5, 0.6) is 5.75 Å². The van der Waals surface area contributed by atoms with Gasteiger partial charge in [-0.25, -0.2) is 0 Å². The fourth-order valence-electron chi connectivity index (χ4n) is 1.86. The topological polar surface area (TPSA) is 27.1 Å². The van der Waals surface area contributed by atoms with E-state index in [9.17, 15) is 0 Å². The molecule has 2 aromatic rings. The highest BCUT2D eigenvalue weighted by atomic mass is 35.5. The molecule has 0 amide bonds. The Morgan fingerprint density at radius 2 is 2.00 bits per heavy atom. The minimum absolute atomic E-state index is 0.431. The largest absolute Gasteiger partial charge is 0.487 e. The summed E-state index contributed by atoms with van der Waals surface area (Å²) in [6.07, 6.45) is 0. The molecule has 2 rings (SSSR count). The van der Waals surface area contributed by atoms with E-state index in [1.165, 1.54) is 5.56 Å². The van der Waals surface area contributed by atoms with Crippen LogP contribution in [0.1, 0.15) is 22.5 Å². The lowest BCUT2D eigenvalue weighted by Crippen LogP contribution is -2.04. The molecule has 0 aliphatic carbocycles. The molecule has 0 spiro atoms. The minimum atomic E-state index is 0.431. The van der Waals surface area contributed by atoms with Gasteiger partial charge in [-0.1, -0.05) is 23.7 Å². The molecule has 0 atom stereocenters. The van der Waals surface area contributed by atoms with Crippen LogP contribution in [-0.4, -0.2) is 9.78 Å². The van der Waals surface area contributed by atoms with Gasteiger partial charge in [0.2, 0.25) is 0 Å². The van der Waals surface area contributed by atoms with E-state index in [2.05, 4.69) is 25.0 Å². The Kier molecular flexibility index (Phi) is 3.62. The molecule has 0 aliphatic rings. The van der Waals surface area contributed by atoms with Crippen LogP contribution in [0.25, 0.3) is 0 Å². The predicted octanol–water partition coefficient (Wildman–Crippen LogP) is 3.58. The third-order valence-electron chi connectivity index (χ3n) is 3.18. The normalized spacial score (nSPS) is 10.7. The van der Waals surface area contributed by atoms with E-state index in [0.29, 0.717) is 11.6 Å². The fraction of sp³-hybridized carbons (Fsp3) is 0.357. The van der Waals surface area contributed by atoms with Crippen molar-refractivity contribution in [2.75, 3.05) is 0 Å². The first-order valence-electron chi connectivity index (χ1n) is 5.87. The van der Waals surface area contributed by atoms with E-state index in [1.807, 2.05) is 26.1 Å². The summed E-state index contributed by atoms with van der Waals surface area (Å²) in [5.74, 6) is 0.893. The first-order chi connectivity index (χ1) is 8.50. The van der Waals surface area contributed by atoms with Crippen LogP contribution in [0.2, 0.25) is 5.02 Å². The molecule has 1 aromatic heterocycles. The number of nitrogens with zero attached hydrogens (tertiary/aromatic N) is 2. The maximum absolute atomic E-state index is 6.19. The lowest BCUT2D eigenvalue weighted by molar-refractivity contribution is 0.293. The summed E-state index contributed by atoms with van der Waals surface area (Å²) in [5, 5.41) is 4.95. The summed E-state index contributed by atoms with van der Waals surface area (Å²) >= 11 is 6.19. The quantitative estimate of drug-likeness (QED) is 0.847. The summed E-state index contributed by atoms with van der Waals surface area (Å²) in [6.45, 7) is 6.45. The number of ether oxygens (including phenoxy) is 1. The van der Waals surface area contributed by atoms with Crippen LogP contribution in [-0.2, 0) is 13.7 Å². The van der Waals surface area contributed by atoms with Crippen molar-refractivity contribution in [3.05, 3.63) is 45.7 Å². The maximum Gasteiger partial charge on any atom is 0.131 e. The Morgan fingerprint density at radius 3 is 2.61 bits per heavy atom. The number of aryl methyl sites for hydroxylation is 3. The van der Waals surface area contributed by atoms with Gasteiger partial charge in [-0.3, -0.25) is 4.68 Å². The second kappa shape index (κ2) is 5.02. The van der Waals surface area contributed by atoms with Crippen molar-refractivity contribution < 1.29 is 4.74 Å². The van der Waals surface area contributed by atoms with Crippen LogP contribution in [0.3, 0.4) is 0 Å². The van der Waals surface area contributed by atoms with Crippen LogP contribution >= 0.6 is 11.6 Å². The zero-order valence-electron chi connectivity index (χ0n) is 11.1. The summed E-state index contributed by atoms with van der Waals surface area (Å²) < 4.78 is 7.60. The minimum Gasteiger partial charge on any atom is -0.487 e. The number of rotatable bonds is 3. The first kappa shape index (κ1) is 13.0. The van der Waals surface area contributed by atoms with Gasteiger partial charge in [0.1, 0.15) is 12.4 Å². The molecule has 0 saturated carbocycles. The fourth-order valence-corrected chi connectivity index (χ4v) is 2.08. The molecule has 1 aromatic carbocycles.